The van der Waals surface area contributed by atoms with E-state index in [0.717, 1.165) is 12.8 Å². The number of aromatic nitrogens is 2. The van der Waals surface area contributed by atoms with Crippen molar-refractivity contribution in [3.05, 3.63) is 78.3 Å². The summed E-state index contributed by atoms with van der Waals surface area (Å²) in [5, 5.41) is 28.1. The molecule has 222 valence electrons. The molecule has 16 nitrogen and oxygen atoms in total. The molecule has 0 unspecified atom stereocenters. The minimum Gasteiger partial charge on any atom is -0.335 e. The number of nitrogens with zero attached hydrogens (tertiary/aromatic N) is 10. The summed E-state index contributed by atoms with van der Waals surface area (Å²) in [5.74, 6) is -0.976. The molecule has 18 heteroatoms. The van der Waals surface area contributed by atoms with Crippen LogP contribution < -0.4 is 0 Å². The van der Waals surface area contributed by atoms with Gasteiger partial charge in [0.2, 0.25) is 0 Å². The number of halogens is 2. The first-order valence-corrected chi connectivity index (χ1v) is 13.7. The first-order chi connectivity index (χ1) is 20.1. The molecule has 0 saturated carbocycles. The van der Waals surface area contributed by atoms with Gasteiger partial charge in [0, 0.05) is 51.7 Å². The molecule has 0 spiro atoms. The van der Waals surface area contributed by atoms with Crippen LogP contribution in [-0.4, -0.2) is 103 Å². The maximum atomic E-state index is 12.9. The van der Waals surface area contributed by atoms with Crippen LogP contribution in [0.15, 0.2) is 46.9 Å². The van der Waals surface area contributed by atoms with Gasteiger partial charge in [-0.25, -0.2) is 30.2 Å². The number of hydrogen-bond acceptors (Lipinski definition) is 8. The molecule has 4 heterocycles. The second kappa shape index (κ2) is 14.0. The predicted molar refractivity (Wildman–Crippen MR) is 151 cm³/mol. The van der Waals surface area contributed by atoms with E-state index in [4.69, 9.17) is 23.2 Å². The third-order valence-corrected chi connectivity index (χ3v) is 7.07. The Labute approximate surface area is 249 Å². The van der Waals surface area contributed by atoms with Crippen LogP contribution >= 0.6 is 23.2 Å². The van der Waals surface area contributed by atoms with E-state index in [0.29, 0.717) is 39.0 Å². The zero-order valence-electron chi connectivity index (χ0n) is 22.2. The molecule has 2 saturated heterocycles. The van der Waals surface area contributed by atoms with Crippen molar-refractivity contribution < 1.29 is 19.7 Å². The highest BCUT2D eigenvalue weighted by atomic mass is 35.5. The van der Waals surface area contributed by atoms with Gasteiger partial charge >= 0.3 is 0 Å². The van der Waals surface area contributed by atoms with Crippen molar-refractivity contribution in [2.75, 3.05) is 39.3 Å². The van der Waals surface area contributed by atoms with E-state index >= 15 is 0 Å². The van der Waals surface area contributed by atoms with E-state index in [9.17, 15) is 29.8 Å². The molecular weight excluding hydrogens is 595 g/mol. The molecule has 0 atom stereocenters. The van der Waals surface area contributed by atoms with Gasteiger partial charge in [-0.3, -0.25) is 19.4 Å². The Morgan fingerprint density at radius 1 is 0.714 bits per heavy atom. The summed E-state index contributed by atoms with van der Waals surface area (Å²) in [7, 11) is 0. The summed E-state index contributed by atoms with van der Waals surface area (Å²) < 4.78 is 0. The largest absolute Gasteiger partial charge is 0.335 e. The summed E-state index contributed by atoms with van der Waals surface area (Å²) in [5.41, 5.74) is 0.480. The topological polar surface area (TPSA) is 184 Å². The Bertz CT molecular complexity index is 1280. The molecule has 2 aliphatic rings. The van der Waals surface area contributed by atoms with Gasteiger partial charge in [-0.2, -0.15) is 0 Å². The van der Waals surface area contributed by atoms with Gasteiger partial charge < -0.3 is 9.80 Å². The molecule has 0 bridgehead atoms. The molecule has 2 fully saturated rings. The number of rotatable bonds is 11. The number of unbranched alkanes of at least 4 members (excludes halogenated alkanes) is 3. The second-order valence-corrected chi connectivity index (χ2v) is 10.1. The van der Waals surface area contributed by atoms with Crippen LogP contribution in [0.4, 0.5) is 0 Å². The third kappa shape index (κ3) is 7.64. The Kier molecular flexibility index (Phi) is 10.1. The molecule has 2 amide bonds. The van der Waals surface area contributed by atoms with Crippen molar-refractivity contribution in [2.45, 2.75) is 25.7 Å². The normalized spacial score (nSPS) is 17.0. The number of carbonyl (C=O) groups excluding carboxylic acids is 2. The van der Waals surface area contributed by atoms with Crippen molar-refractivity contribution in [3.63, 3.8) is 0 Å². The van der Waals surface area contributed by atoms with Crippen molar-refractivity contribution in [3.8, 4) is 0 Å². The van der Waals surface area contributed by atoms with Crippen molar-refractivity contribution in [2.24, 2.45) is 10.2 Å². The van der Waals surface area contributed by atoms with Gasteiger partial charge in [0.15, 0.2) is 10.1 Å². The minimum atomic E-state index is -0.828. The molecule has 4 rings (SSSR count). The van der Waals surface area contributed by atoms with Crippen LogP contribution in [0.2, 0.25) is 10.3 Å². The molecule has 0 aliphatic carbocycles. The minimum absolute atomic E-state index is 0.0294. The lowest BCUT2D eigenvalue weighted by Gasteiger charge is -2.20. The summed E-state index contributed by atoms with van der Waals surface area (Å²) in [4.78, 5) is 61.9. The quantitative estimate of drug-likeness (QED) is 0.156. The smallest absolute Gasteiger partial charge is 0.281 e. The first kappa shape index (κ1) is 30.5. The van der Waals surface area contributed by atoms with Crippen LogP contribution in [0, 0.1) is 20.2 Å². The second-order valence-electron chi connectivity index (χ2n) is 9.32. The lowest BCUT2D eigenvalue weighted by atomic mass is 10.2. The number of carbonyl (C=O) groups is 2. The standard InChI is InChI=1S/C24H26Cl2N10O6/c25-19-7-5-17(15-27-19)21(37)33-13-11-31(23(33)29-35(39)40)9-3-1-2-4-10-32-12-14-34(24(32)30-36(41)42)22(38)18-6-8-20(26)28-16-18/h5-8,15-16H,1-4,9-14H2. The number of nitro groups is 2. The monoisotopic (exact) mass is 620 g/mol. The highest BCUT2D eigenvalue weighted by Crippen LogP contribution is 2.18. The van der Waals surface area contributed by atoms with Gasteiger partial charge in [0.1, 0.15) is 20.5 Å². The fraction of sp³-hybridized carbons (Fsp3) is 0.417. The Morgan fingerprint density at radius 3 is 1.45 bits per heavy atom. The van der Waals surface area contributed by atoms with E-state index in [-0.39, 0.29) is 46.4 Å². The van der Waals surface area contributed by atoms with E-state index in [2.05, 4.69) is 20.2 Å². The average molecular weight is 621 g/mol. The molecule has 0 N–H and O–H groups in total. The third-order valence-electron chi connectivity index (χ3n) is 6.62. The molecule has 0 radical (unpaired) electrons. The zero-order chi connectivity index (χ0) is 30.2. The summed E-state index contributed by atoms with van der Waals surface area (Å²) in [6.45, 7) is 2.16. The highest BCUT2D eigenvalue weighted by Gasteiger charge is 2.35. The van der Waals surface area contributed by atoms with Crippen molar-refractivity contribution in [1.82, 2.24) is 29.6 Å². The molecule has 0 aromatic carbocycles. The van der Waals surface area contributed by atoms with Crippen LogP contribution in [0.5, 0.6) is 0 Å². The first-order valence-electron chi connectivity index (χ1n) is 13.0. The van der Waals surface area contributed by atoms with Gasteiger partial charge in [-0.15, -0.1) is 0 Å². The number of guanidine groups is 2. The SMILES string of the molecule is O=C(c1ccc(Cl)nc1)N1CCN(CCCCCCN2CCN(C(=O)c3ccc(Cl)nc3)C2=N[N+](=O)[O-])C1=N[N+](=O)[O-]. The number of hydrogen-bond donors (Lipinski definition) is 0. The Hall–Kier alpha value is -4.44. The maximum Gasteiger partial charge on any atom is 0.281 e. The lowest BCUT2D eigenvalue weighted by molar-refractivity contribution is -0.486. The maximum absolute atomic E-state index is 12.9. The van der Waals surface area contributed by atoms with Gasteiger partial charge in [-0.05, 0) is 37.1 Å². The molecule has 2 aromatic rings. The Morgan fingerprint density at radius 2 is 1.12 bits per heavy atom. The van der Waals surface area contributed by atoms with Crippen LogP contribution in [-0.2, 0) is 0 Å². The van der Waals surface area contributed by atoms with Crippen molar-refractivity contribution >= 4 is 46.9 Å². The van der Waals surface area contributed by atoms with Gasteiger partial charge in [0.05, 0.1) is 11.1 Å². The summed E-state index contributed by atoms with van der Waals surface area (Å²) >= 11 is 11.6. The van der Waals surface area contributed by atoms with E-state index < -0.39 is 21.9 Å². The van der Waals surface area contributed by atoms with Crippen molar-refractivity contribution in [1.29, 1.82) is 0 Å². The number of hydrazone groups is 2. The summed E-state index contributed by atoms with van der Waals surface area (Å²) in [6.07, 6.45) is 5.47. The number of amides is 2. The van der Waals surface area contributed by atoms with E-state index in [1.165, 1.54) is 46.5 Å². The predicted octanol–water partition coefficient (Wildman–Crippen LogP) is 2.66. The van der Waals surface area contributed by atoms with Crippen LogP contribution in [0.1, 0.15) is 46.4 Å². The fourth-order valence-corrected chi connectivity index (χ4v) is 4.87. The van der Waals surface area contributed by atoms with E-state index in [1.807, 2.05) is 0 Å². The number of pyridine rings is 2. The van der Waals surface area contributed by atoms with E-state index in [1.54, 1.807) is 9.80 Å². The summed E-state index contributed by atoms with van der Waals surface area (Å²) in [6, 6.07) is 5.92. The average Bonchev–Trinajstić information content (AvgIpc) is 3.53. The zero-order valence-corrected chi connectivity index (χ0v) is 23.7. The van der Waals surface area contributed by atoms with Crippen LogP contribution in [0.25, 0.3) is 0 Å². The van der Waals surface area contributed by atoms with Crippen LogP contribution in [0.3, 0.4) is 0 Å². The molecule has 42 heavy (non-hydrogen) atoms. The Balaban J connectivity index is 1.27. The molecular formula is C24H26Cl2N10O6. The van der Waals surface area contributed by atoms with Gasteiger partial charge in [0.25, 0.3) is 23.7 Å². The van der Waals surface area contributed by atoms with Gasteiger partial charge in [-0.1, -0.05) is 36.0 Å². The fourth-order valence-electron chi connectivity index (χ4n) is 4.65. The lowest BCUT2D eigenvalue weighted by Crippen LogP contribution is -2.39. The molecule has 2 aliphatic heterocycles. The highest BCUT2D eigenvalue weighted by molar-refractivity contribution is 6.29. The molecule has 2 aromatic heterocycles.